The fourth-order valence-corrected chi connectivity index (χ4v) is 5.76. The monoisotopic (exact) mass is 483 g/mol. The molecule has 1 fully saturated rings. The molecule has 0 bridgehead atoms. The molecule has 1 aromatic rings. The number of aromatic hydroxyl groups is 1. The zero-order chi connectivity index (χ0) is 26.2. The number of rotatable bonds is 11. The number of nitrogens with two attached hydrogens (primary N) is 1. The molecule has 1 saturated heterocycles. The fourth-order valence-electron chi connectivity index (χ4n) is 5.76. The lowest BCUT2D eigenvalue weighted by Gasteiger charge is -2.58. The van der Waals surface area contributed by atoms with E-state index in [-0.39, 0.29) is 18.2 Å². The van der Waals surface area contributed by atoms with Crippen molar-refractivity contribution in [1.82, 2.24) is 10.2 Å². The number of likely N-dealkylation sites (tertiary alicyclic amines) is 1. The van der Waals surface area contributed by atoms with Crippen LogP contribution in [0.3, 0.4) is 0 Å². The van der Waals surface area contributed by atoms with Crippen molar-refractivity contribution in [3.63, 3.8) is 0 Å². The molecular formula is C28H41N3O4. The first-order chi connectivity index (χ1) is 16.5. The average molecular weight is 484 g/mol. The van der Waals surface area contributed by atoms with Crippen LogP contribution >= 0.6 is 0 Å². The van der Waals surface area contributed by atoms with E-state index in [1.54, 1.807) is 24.3 Å². The summed E-state index contributed by atoms with van der Waals surface area (Å²) in [5.41, 5.74) is 5.64. The van der Waals surface area contributed by atoms with Gasteiger partial charge in [-0.1, -0.05) is 50.8 Å². The lowest BCUT2D eigenvalue weighted by Crippen LogP contribution is -2.68. The summed E-state index contributed by atoms with van der Waals surface area (Å²) in [7, 11) is 0. The van der Waals surface area contributed by atoms with E-state index in [1.807, 2.05) is 32.9 Å². The number of hydrogen-bond donors (Lipinski definition) is 4. The second-order valence-electron chi connectivity index (χ2n) is 9.59. The molecule has 35 heavy (non-hydrogen) atoms. The third kappa shape index (κ3) is 6.21. The van der Waals surface area contributed by atoms with Gasteiger partial charge in [-0.2, -0.15) is 0 Å². The van der Waals surface area contributed by atoms with Crippen molar-refractivity contribution < 1.29 is 19.8 Å². The van der Waals surface area contributed by atoms with Crippen molar-refractivity contribution >= 4 is 11.9 Å². The topological polar surface area (TPSA) is 116 Å². The van der Waals surface area contributed by atoms with Gasteiger partial charge in [0.25, 0.3) is 0 Å². The van der Waals surface area contributed by atoms with Gasteiger partial charge in [0.15, 0.2) is 0 Å². The number of aryl methyl sites for hydroxylation is 1. The van der Waals surface area contributed by atoms with Gasteiger partial charge in [-0.05, 0) is 81.5 Å². The van der Waals surface area contributed by atoms with E-state index in [2.05, 4.69) is 23.4 Å². The zero-order valence-corrected chi connectivity index (χ0v) is 21.3. The van der Waals surface area contributed by atoms with Crippen molar-refractivity contribution in [3.8, 4) is 5.75 Å². The number of phenolic OH excluding ortho intramolecular Hbond substituents is 1. The highest BCUT2D eigenvalue weighted by molar-refractivity contribution is 5.94. The van der Waals surface area contributed by atoms with E-state index in [0.717, 1.165) is 36.1 Å². The number of piperidine rings is 1. The van der Waals surface area contributed by atoms with E-state index >= 15 is 0 Å². The maximum atomic E-state index is 12.9. The molecule has 5 N–H and O–H groups in total. The van der Waals surface area contributed by atoms with Crippen molar-refractivity contribution in [2.75, 3.05) is 13.1 Å². The number of hydrogen-bond acceptors (Lipinski definition) is 5. The lowest BCUT2D eigenvalue weighted by atomic mass is 9.56. The molecule has 0 saturated carbocycles. The second-order valence-corrected chi connectivity index (χ2v) is 9.59. The maximum Gasteiger partial charge on any atom is 0.318 e. The van der Waals surface area contributed by atoms with E-state index in [9.17, 15) is 19.8 Å². The smallest absolute Gasteiger partial charge is 0.318 e. The SMILES string of the molecule is C=C/C=C(\C=C)CCCN1CCC(CC(=O)NC(N)=O)(c2cc(O)ccc2C)C(O)(CCC)C1C. The van der Waals surface area contributed by atoms with E-state index in [1.165, 1.54) is 0 Å². The van der Waals surface area contributed by atoms with Crippen LogP contribution in [-0.2, 0) is 10.2 Å². The summed E-state index contributed by atoms with van der Waals surface area (Å²) in [6.07, 6.45) is 8.81. The highest BCUT2D eigenvalue weighted by atomic mass is 16.3. The predicted molar refractivity (Wildman–Crippen MR) is 140 cm³/mol. The van der Waals surface area contributed by atoms with Gasteiger partial charge in [0.2, 0.25) is 5.91 Å². The van der Waals surface area contributed by atoms with Crippen LogP contribution < -0.4 is 11.1 Å². The van der Waals surface area contributed by atoms with E-state index in [0.29, 0.717) is 25.8 Å². The fraction of sp³-hybridized carbons (Fsp3) is 0.500. The number of primary amides is 1. The molecule has 7 nitrogen and oxygen atoms in total. The number of aliphatic hydroxyl groups is 1. The summed E-state index contributed by atoms with van der Waals surface area (Å²) in [5, 5.41) is 25.0. The summed E-state index contributed by atoms with van der Waals surface area (Å²) in [6.45, 7) is 15.0. The summed E-state index contributed by atoms with van der Waals surface area (Å²) in [4.78, 5) is 26.6. The number of nitrogens with zero attached hydrogens (tertiary/aromatic N) is 1. The molecule has 3 unspecified atom stereocenters. The number of allylic oxidation sites excluding steroid dienone is 4. The van der Waals surface area contributed by atoms with Crippen molar-refractivity contribution in [1.29, 1.82) is 0 Å². The van der Waals surface area contributed by atoms with Gasteiger partial charge in [-0.25, -0.2) is 4.79 Å². The summed E-state index contributed by atoms with van der Waals surface area (Å²) in [5.74, 6) is -0.471. The van der Waals surface area contributed by atoms with Crippen LogP contribution in [0.25, 0.3) is 0 Å². The van der Waals surface area contributed by atoms with E-state index in [4.69, 9.17) is 5.73 Å². The molecule has 1 aromatic carbocycles. The van der Waals surface area contributed by atoms with Gasteiger partial charge in [0, 0.05) is 17.9 Å². The first-order valence-electron chi connectivity index (χ1n) is 12.3. The highest BCUT2D eigenvalue weighted by Gasteiger charge is 2.59. The number of imide groups is 1. The van der Waals surface area contributed by atoms with Crippen LogP contribution in [0.4, 0.5) is 4.79 Å². The number of amides is 3. The molecule has 3 amide bonds. The lowest BCUT2D eigenvalue weighted by molar-refractivity contribution is -0.151. The third-order valence-electron chi connectivity index (χ3n) is 7.49. The van der Waals surface area contributed by atoms with Gasteiger partial charge in [-0.3, -0.25) is 15.0 Å². The molecule has 1 aliphatic rings. The number of urea groups is 1. The molecule has 3 atom stereocenters. The van der Waals surface area contributed by atoms with Crippen LogP contribution in [0, 0.1) is 6.92 Å². The van der Waals surface area contributed by atoms with Crippen LogP contribution in [0.1, 0.15) is 63.5 Å². The van der Waals surface area contributed by atoms with Crippen molar-refractivity contribution in [2.24, 2.45) is 5.73 Å². The van der Waals surface area contributed by atoms with Crippen LogP contribution in [0.2, 0.25) is 0 Å². The first-order valence-corrected chi connectivity index (χ1v) is 12.3. The molecule has 0 radical (unpaired) electrons. The minimum Gasteiger partial charge on any atom is -0.508 e. The number of carbonyl (C=O) groups excluding carboxylic acids is 2. The molecule has 0 spiro atoms. The normalized spacial score (nSPS) is 25.1. The summed E-state index contributed by atoms with van der Waals surface area (Å²) in [6, 6.07) is 3.85. The minimum atomic E-state index is -1.29. The van der Waals surface area contributed by atoms with Crippen LogP contribution in [-0.4, -0.2) is 51.8 Å². The largest absolute Gasteiger partial charge is 0.508 e. The van der Waals surface area contributed by atoms with Crippen LogP contribution in [0.15, 0.2) is 55.2 Å². The number of nitrogens with one attached hydrogen (secondary N) is 1. The zero-order valence-electron chi connectivity index (χ0n) is 21.3. The Morgan fingerprint density at radius 3 is 2.66 bits per heavy atom. The van der Waals surface area contributed by atoms with Crippen molar-refractivity contribution in [2.45, 2.75) is 76.4 Å². The number of carbonyl (C=O) groups is 2. The number of benzene rings is 1. The van der Waals surface area contributed by atoms with Gasteiger partial charge in [-0.15, -0.1) is 0 Å². The minimum absolute atomic E-state index is 0.0696. The van der Waals surface area contributed by atoms with Crippen LogP contribution in [0.5, 0.6) is 5.75 Å². The Morgan fingerprint density at radius 2 is 2.06 bits per heavy atom. The van der Waals surface area contributed by atoms with Gasteiger partial charge in [0.05, 0.1) is 5.60 Å². The molecule has 7 heteroatoms. The summed E-state index contributed by atoms with van der Waals surface area (Å²) < 4.78 is 0. The number of phenols is 1. The Hall–Kier alpha value is -2.90. The molecule has 1 heterocycles. The predicted octanol–water partition coefficient (Wildman–Crippen LogP) is 4.23. The Morgan fingerprint density at radius 1 is 1.34 bits per heavy atom. The summed E-state index contributed by atoms with van der Waals surface area (Å²) >= 11 is 0. The highest BCUT2D eigenvalue weighted by Crippen LogP contribution is 2.51. The Bertz CT molecular complexity index is 973. The van der Waals surface area contributed by atoms with E-state index < -0.39 is 23.0 Å². The average Bonchev–Trinajstić information content (AvgIpc) is 2.79. The van der Waals surface area contributed by atoms with Crippen molar-refractivity contribution in [3.05, 3.63) is 66.3 Å². The standard InChI is InChI=1S/C28H41N3O4/c1-6-10-22(8-3)11-9-16-31-17-15-27(19-25(33)30-26(29)34,28(35,14-7-2)21(31)5)24-18-23(32)13-12-20(24)4/h6,8,10,12-13,18,21,32,35H,1,3,7,9,11,14-17,19H2,2,4-5H3,(H3,29,30,33,34)/b22-10+. The quantitative estimate of drug-likeness (QED) is 0.352. The second kappa shape index (κ2) is 12.2. The molecule has 2 rings (SSSR count). The molecule has 0 aliphatic carbocycles. The Labute approximate surface area is 209 Å². The van der Waals surface area contributed by atoms with Gasteiger partial charge < -0.3 is 15.9 Å². The molecule has 0 aromatic heterocycles. The molecule has 1 aliphatic heterocycles. The maximum absolute atomic E-state index is 12.9. The molecular weight excluding hydrogens is 442 g/mol. The molecule has 192 valence electrons. The Balaban J connectivity index is 2.49. The van der Waals surface area contributed by atoms with Gasteiger partial charge >= 0.3 is 6.03 Å². The Kier molecular flexibility index (Phi) is 9.86. The van der Waals surface area contributed by atoms with Gasteiger partial charge in [0.1, 0.15) is 5.75 Å². The third-order valence-corrected chi connectivity index (χ3v) is 7.49. The first kappa shape index (κ1) is 28.3.